The van der Waals surface area contributed by atoms with Gasteiger partial charge in [0, 0.05) is 18.0 Å². The third kappa shape index (κ3) is 5.14. The minimum Gasteiger partial charge on any atom is -0.348 e. The molecule has 5 heteroatoms. The molecule has 0 aliphatic carbocycles. The van der Waals surface area contributed by atoms with E-state index in [-0.39, 0.29) is 23.8 Å². The van der Waals surface area contributed by atoms with Gasteiger partial charge in [0.1, 0.15) is 6.04 Å². The first-order chi connectivity index (χ1) is 11.9. The Hall–Kier alpha value is -2.69. The van der Waals surface area contributed by atoms with Crippen LogP contribution in [0.15, 0.2) is 48.8 Å². The fraction of sp³-hybridized carbons (Fsp3) is 0.350. The molecule has 25 heavy (non-hydrogen) atoms. The molecule has 2 aromatic rings. The molecular weight excluding hydrogens is 314 g/mol. The number of benzene rings is 1. The molecule has 2 rings (SSSR count). The fourth-order valence-electron chi connectivity index (χ4n) is 2.48. The summed E-state index contributed by atoms with van der Waals surface area (Å²) in [6, 6.07) is 10.2. The van der Waals surface area contributed by atoms with Gasteiger partial charge in [0.15, 0.2) is 0 Å². The van der Waals surface area contributed by atoms with Gasteiger partial charge < -0.3 is 10.6 Å². The molecule has 0 radical (unpaired) electrons. The maximum atomic E-state index is 12.6. The molecule has 0 saturated carbocycles. The summed E-state index contributed by atoms with van der Waals surface area (Å²) in [6.07, 6.45) is 3.41. The van der Waals surface area contributed by atoms with Gasteiger partial charge in [-0.1, -0.05) is 37.6 Å². The molecule has 1 aromatic heterocycles. The van der Waals surface area contributed by atoms with Crippen molar-refractivity contribution < 1.29 is 9.59 Å². The minimum atomic E-state index is -0.604. The van der Waals surface area contributed by atoms with Gasteiger partial charge in [0.2, 0.25) is 5.91 Å². The number of aromatic nitrogens is 1. The molecule has 0 aliphatic heterocycles. The largest absolute Gasteiger partial charge is 0.348 e. The smallest absolute Gasteiger partial charge is 0.251 e. The molecule has 0 fully saturated rings. The van der Waals surface area contributed by atoms with E-state index in [4.69, 9.17) is 0 Å². The van der Waals surface area contributed by atoms with Crippen LogP contribution in [0.25, 0.3) is 0 Å². The van der Waals surface area contributed by atoms with Crippen LogP contribution in [0, 0.1) is 12.8 Å². The van der Waals surface area contributed by atoms with Crippen LogP contribution >= 0.6 is 0 Å². The van der Waals surface area contributed by atoms with Crippen molar-refractivity contribution in [2.45, 2.75) is 39.8 Å². The maximum Gasteiger partial charge on any atom is 0.251 e. The highest BCUT2D eigenvalue weighted by Gasteiger charge is 2.26. The summed E-state index contributed by atoms with van der Waals surface area (Å²) in [5.41, 5.74) is 2.55. The van der Waals surface area contributed by atoms with Gasteiger partial charge in [-0.05, 0) is 43.5 Å². The summed E-state index contributed by atoms with van der Waals surface area (Å²) < 4.78 is 0. The van der Waals surface area contributed by atoms with E-state index in [1.165, 1.54) is 0 Å². The van der Waals surface area contributed by atoms with E-state index in [2.05, 4.69) is 15.6 Å². The Balaban J connectivity index is 2.05. The molecule has 2 amide bonds. The standard InChI is InChI=1S/C20H25N3O2/c1-13(2)18(23-19(24)16-9-7-14(3)8-10-16)20(25)22-15(4)17-6-5-11-21-12-17/h5-13,15,18H,1-4H3,(H,22,25)(H,23,24). The first-order valence-corrected chi connectivity index (χ1v) is 8.46. The lowest BCUT2D eigenvalue weighted by molar-refractivity contribution is -0.124. The monoisotopic (exact) mass is 339 g/mol. The number of nitrogens with zero attached hydrogens (tertiary/aromatic N) is 1. The van der Waals surface area contributed by atoms with Crippen molar-refractivity contribution in [2.24, 2.45) is 5.92 Å². The zero-order chi connectivity index (χ0) is 18.4. The Morgan fingerprint density at radius 1 is 1.00 bits per heavy atom. The number of hydrogen-bond donors (Lipinski definition) is 2. The lowest BCUT2D eigenvalue weighted by atomic mass is 10.0. The highest BCUT2D eigenvalue weighted by Crippen LogP contribution is 2.12. The van der Waals surface area contributed by atoms with Crippen molar-refractivity contribution in [3.05, 3.63) is 65.5 Å². The zero-order valence-corrected chi connectivity index (χ0v) is 15.1. The Kier molecular flexibility index (Phi) is 6.28. The highest BCUT2D eigenvalue weighted by molar-refractivity contribution is 5.97. The number of amides is 2. The lowest BCUT2D eigenvalue weighted by Crippen LogP contribution is -2.50. The Morgan fingerprint density at radius 3 is 2.24 bits per heavy atom. The van der Waals surface area contributed by atoms with Crippen molar-refractivity contribution >= 4 is 11.8 Å². The summed E-state index contributed by atoms with van der Waals surface area (Å²) >= 11 is 0. The normalized spacial score (nSPS) is 13.2. The number of aryl methyl sites for hydroxylation is 1. The van der Waals surface area contributed by atoms with Crippen LogP contribution in [0.2, 0.25) is 0 Å². The summed E-state index contributed by atoms with van der Waals surface area (Å²) in [4.78, 5) is 29.1. The predicted molar refractivity (Wildman–Crippen MR) is 98.1 cm³/mol. The molecule has 5 nitrogen and oxygen atoms in total. The molecule has 1 heterocycles. The van der Waals surface area contributed by atoms with Crippen molar-refractivity contribution in [3.8, 4) is 0 Å². The second kappa shape index (κ2) is 8.42. The van der Waals surface area contributed by atoms with E-state index >= 15 is 0 Å². The summed E-state index contributed by atoms with van der Waals surface area (Å²) in [6.45, 7) is 7.68. The van der Waals surface area contributed by atoms with Crippen molar-refractivity contribution in [1.29, 1.82) is 0 Å². The third-order valence-corrected chi connectivity index (χ3v) is 4.09. The number of nitrogens with one attached hydrogen (secondary N) is 2. The van der Waals surface area contributed by atoms with Gasteiger partial charge >= 0.3 is 0 Å². The quantitative estimate of drug-likeness (QED) is 0.850. The van der Waals surface area contributed by atoms with E-state index in [0.717, 1.165) is 11.1 Å². The summed E-state index contributed by atoms with van der Waals surface area (Å²) in [5, 5.41) is 5.79. The average Bonchev–Trinajstić information content (AvgIpc) is 2.60. The highest BCUT2D eigenvalue weighted by atomic mass is 16.2. The van der Waals surface area contributed by atoms with Crippen LogP contribution in [0.4, 0.5) is 0 Å². The number of hydrogen-bond acceptors (Lipinski definition) is 3. The summed E-state index contributed by atoms with van der Waals surface area (Å²) in [7, 11) is 0. The third-order valence-electron chi connectivity index (χ3n) is 4.09. The Bertz CT molecular complexity index is 711. The Morgan fingerprint density at radius 2 is 1.68 bits per heavy atom. The van der Waals surface area contributed by atoms with E-state index in [1.54, 1.807) is 24.5 Å². The van der Waals surface area contributed by atoms with Crippen LogP contribution < -0.4 is 10.6 Å². The number of carbonyl (C=O) groups excluding carboxylic acids is 2. The second-order valence-electron chi connectivity index (χ2n) is 6.58. The van der Waals surface area contributed by atoms with E-state index < -0.39 is 6.04 Å². The molecule has 2 atom stereocenters. The summed E-state index contributed by atoms with van der Waals surface area (Å²) in [5.74, 6) is -0.481. The molecular formula is C20H25N3O2. The van der Waals surface area contributed by atoms with Crippen molar-refractivity contribution in [3.63, 3.8) is 0 Å². The van der Waals surface area contributed by atoms with Gasteiger partial charge in [-0.15, -0.1) is 0 Å². The van der Waals surface area contributed by atoms with Crippen molar-refractivity contribution in [1.82, 2.24) is 15.6 Å². The average molecular weight is 339 g/mol. The van der Waals surface area contributed by atoms with Crippen molar-refractivity contribution in [2.75, 3.05) is 0 Å². The maximum absolute atomic E-state index is 12.6. The van der Waals surface area contributed by atoms with Gasteiger partial charge in [-0.2, -0.15) is 0 Å². The molecule has 0 bridgehead atoms. The van der Waals surface area contributed by atoms with Gasteiger partial charge in [-0.3, -0.25) is 14.6 Å². The molecule has 132 valence electrons. The first-order valence-electron chi connectivity index (χ1n) is 8.46. The van der Waals surface area contributed by atoms with E-state index in [0.29, 0.717) is 5.56 Å². The molecule has 0 saturated heterocycles. The fourth-order valence-corrected chi connectivity index (χ4v) is 2.48. The van der Waals surface area contributed by atoms with E-state index in [9.17, 15) is 9.59 Å². The second-order valence-corrected chi connectivity index (χ2v) is 6.58. The van der Waals surface area contributed by atoms with Crippen LogP contribution in [0.1, 0.15) is 48.3 Å². The van der Waals surface area contributed by atoms with Crippen LogP contribution in [0.5, 0.6) is 0 Å². The van der Waals surface area contributed by atoms with Crippen LogP contribution in [-0.4, -0.2) is 22.8 Å². The topological polar surface area (TPSA) is 71.1 Å². The van der Waals surface area contributed by atoms with Crippen LogP contribution in [0.3, 0.4) is 0 Å². The Labute approximate surface area is 148 Å². The van der Waals surface area contributed by atoms with E-state index in [1.807, 2.05) is 52.0 Å². The van der Waals surface area contributed by atoms with Crippen LogP contribution in [-0.2, 0) is 4.79 Å². The molecule has 2 unspecified atom stereocenters. The van der Waals surface area contributed by atoms with Gasteiger partial charge in [0.25, 0.3) is 5.91 Å². The number of pyridine rings is 1. The predicted octanol–water partition coefficient (Wildman–Crippen LogP) is 3.02. The lowest BCUT2D eigenvalue weighted by Gasteiger charge is -2.24. The van der Waals surface area contributed by atoms with Gasteiger partial charge in [-0.25, -0.2) is 0 Å². The molecule has 2 N–H and O–H groups in total. The molecule has 1 aromatic carbocycles. The molecule has 0 spiro atoms. The molecule has 0 aliphatic rings. The SMILES string of the molecule is Cc1ccc(C(=O)NC(C(=O)NC(C)c2cccnc2)C(C)C)cc1. The minimum absolute atomic E-state index is 0.0319. The number of rotatable bonds is 6. The zero-order valence-electron chi connectivity index (χ0n) is 15.1. The number of carbonyl (C=O) groups is 2. The first kappa shape index (κ1) is 18.6. The van der Waals surface area contributed by atoms with Gasteiger partial charge in [0.05, 0.1) is 6.04 Å².